The Morgan fingerprint density at radius 2 is 2.22 bits per heavy atom. The molecule has 0 saturated carbocycles. The molecule has 1 aliphatic rings. The van der Waals surface area contributed by atoms with Gasteiger partial charge in [0, 0.05) is 12.3 Å². The Balaban J connectivity index is 2.32. The van der Waals surface area contributed by atoms with Crippen LogP contribution in [-0.4, -0.2) is 18.5 Å². The Morgan fingerprint density at radius 1 is 1.67 bits per heavy atom. The highest BCUT2D eigenvalue weighted by Gasteiger charge is 2.27. The maximum atomic E-state index is 11.0. The number of ketones is 1. The number of Topliss-reactive ketones (excluding diaryl/α,β-unsaturated/α-hetero) is 1. The van der Waals surface area contributed by atoms with Crippen molar-refractivity contribution in [3.63, 3.8) is 0 Å². The number of carbonyl (C=O) groups excluding carboxylic acids is 1. The van der Waals surface area contributed by atoms with Crippen LogP contribution in [0.4, 0.5) is 0 Å². The highest BCUT2D eigenvalue weighted by Crippen LogP contribution is 2.15. The van der Waals surface area contributed by atoms with Gasteiger partial charge in [0.1, 0.15) is 6.10 Å². The van der Waals surface area contributed by atoms with Gasteiger partial charge in [0.25, 0.3) is 0 Å². The molecule has 0 aliphatic carbocycles. The Hall–Kier alpha value is -0.370. The second-order valence-corrected chi connectivity index (χ2v) is 2.71. The minimum atomic E-state index is -0.0648. The molecule has 0 spiro atoms. The Morgan fingerprint density at radius 3 is 2.33 bits per heavy atom. The van der Waals surface area contributed by atoms with Gasteiger partial charge in [-0.3, -0.25) is 4.79 Å². The molecule has 0 unspecified atom stereocenters. The quantitative estimate of drug-likeness (QED) is 0.554. The number of hydrogen-bond acceptors (Lipinski definition) is 2. The van der Waals surface area contributed by atoms with E-state index in [1.165, 1.54) is 0 Å². The van der Waals surface area contributed by atoms with Crippen molar-refractivity contribution in [2.75, 3.05) is 6.61 Å². The first kappa shape index (κ1) is 6.75. The smallest absolute Gasteiger partial charge is 0.164 e. The molecule has 2 heteroatoms. The maximum Gasteiger partial charge on any atom is 0.164 e. The summed E-state index contributed by atoms with van der Waals surface area (Å²) in [5, 5.41) is 0. The fourth-order valence-corrected chi connectivity index (χ4v) is 0.832. The molecular weight excluding hydrogens is 116 g/mol. The van der Waals surface area contributed by atoms with E-state index in [2.05, 4.69) is 0 Å². The highest BCUT2D eigenvalue weighted by molar-refractivity contribution is 5.85. The van der Waals surface area contributed by atoms with Gasteiger partial charge in [-0.05, 0) is 0 Å². The van der Waals surface area contributed by atoms with Crippen LogP contribution in [-0.2, 0) is 9.53 Å². The number of hydrogen-bond donors (Lipinski definition) is 0. The lowest BCUT2D eigenvalue weighted by molar-refractivity contribution is -0.145. The second-order valence-electron chi connectivity index (χ2n) is 2.71. The third kappa shape index (κ3) is 1.30. The lowest BCUT2D eigenvalue weighted by Gasteiger charge is -2.26. The van der Waals surface area contributed by atoms with E-state index < -0.39 is 0 Å². The van der Waals surface area contributed by atoms with Gasteiger partial charge in [-0.15, -0.1) is 0 Å². The summed E-state index contributed by atoms with van der Waals surface area (Å²) in [6, 6.07) is 0. The molecule has 1 atom stereocenters. The van der Waals surface area contributed by atoms with E-state index in [-0.39, 0.29) is 17.8 Å². The summed E-state index contributed by atoms with van der Waals surface area (Å²) in [6.45, 7) is 4.58. The predicted octanol–water partition coefficient (Wildman–Crippen LogP) is 1.00. The van der Waals surface area contributed by atoms with Crippen molar-refractivity contribution >= 4 is 5.78 Å². The van der Waals surface area contributed by atoms with Crippen LogP contribution in [0.25, 0.3) is 0 Å². The van der Waals surface area contributed by atoms with Crippen LogP contribution < -0.4 is 0 Å². The summed E-state index contributed by atoms with van der Waals surface area (Å²) in [7, 11) is 0. The number of carbonyl (C=O) groups is 1. The minimum Gasteiger partial charge on any atom is -0.370 e. The van der Waals surface area contributed by atoms with Gasteiger partial charge in [-0.1, -0.05) is 13.8 Å². The molecule has 0 aromatic heterocycles. The van der Waals surface area contributed by atoms with E-state index >= 15 is 0 Å². The summed E-state index contributed by atoms with van der Waals surface area (Å²) in [4.78, 5) is 11.0. The molecule has 0 aromatic rings. The van der Waals surface area contributed by atoms with Gasteiger partial charge < -0.3 is 4.74 Å². The van der Waals surface area contributed by atoms with E-state index in [0.29, 0.717) is 0 Å². The maximum absolute atomic E-state index is 11.0. The second kappa shape index (κ2) is 2.48. The van der Waals surface area contributed by atoms with Crippen LogP contribution in [0, 0.1) is 5.92 Å². The lowest BCUT2D eigenvalue weighted by Crippen LogP contribution is -2.37. The van der Waals surface area contributed by atoms with Crippen molar-refractivity contribution in [3.05, 3.63) is 0 Å². The molecule has 0 N–H and O–H groups in total. The first-order valence-electron chi connectivity index (χ1n) is 3.37. The molecule has 1 rings (SSSR count). The summed E-state index contributed by atoms with van der Waals surface area (Å²) >= 11 is 0. The number of ether oxygens (including phenoxy) is 1. The molecule has 9 heavy (non-hydrogen) atoms. The van der Waals surface area contributed by atoms with Crippen molar-refractivity contribution in [2.24, 2.45) is 5.92 Å². The lowest BCUT2D eigenvalue weighted by atomic mass is 9.99. The summed E-state index contributed by atoms with van der Waals surface area (Å²) in [6.07, 6.45) is 0.863. The molecule has 0 amide bonds. The average Bonchev–Trinajstić information content (AvgIpc) is 1.60. The molecular formula is C7H12O2. The molecule has 1 fully saturated rings. The van der Waals surface area contributed by atoms with Gasteiger partial charge in [0.15, 0.2) is 5.78 Å². The van der Waals surface area contributed by atoms with Gasteiger partial charge in [0.2, 0.25) is 0 Å². The van der Waals surface area contributed by atoms with Gasteiger partial charge >= 0.3 is 0 Å². The van der Waals surface area contributed by atoms with Crippen molar-refractivity contribution in [3.8, 4) is 0 Å². The molecule has 2 nitrogen and oxygen atoms in total. The van der Waals surface area contributed by atoms with Crippen LogP contribution in [0.5, 0.6) is 0 Å². The average molecular weight is 128 g/mol. The zero-order chi connectivity index (χ0) is 6.85. The van der Waals surface area contributed by atoms with E-state index in [1.54, 1.807) is 0 Å². The van der Waals surface area contributed by atoms with E-state index in [1.807, 2.05) is 13.8 Å². The van der Waals surface area contributed by atoms with Gasteiger partial charge in [0.05, 0.1) is 6.61 Å². The molecule has 0 bridgehead atoms. The van der Waals surface area contributed by atoms with Crippen LogP contribution in [0.2, 0.25) is 0 Å². The van der Waals surface area contributed by atoms with E-state index in [9.17, 15) is 4.79 Å². The summed E-state index contributed by atoms with van der Waals surface area (Å²) in [5.74, 6) is 0.386. The van der Waals surface area contributed by atoms with Crippen molar-refractivity contribution in [1.82, 2.24) is 0 Å². The first-order chi connectivity index (χ1) is 4.22. The Bertz CT molecular complexity index is 114. The monoisotopic (exact) mass is 128 g/mol. The predicted molar refractivity (Wildman–Crippen MR) is 34.2 cm³/mol. The molecule has 52 valence electrons. The van der Waals surface area contributed by atoms with Crippen LogP contribution in [0.3, 0.4) is 0 Å². The first-order valence-corrected chi connectivity index (χ1v) is 3.37. The number of rotatable bonds is 2. The van der Waals surface area contributed by atoms with Crippen LogP contribution >= 0.6 is 0 Å². The van der Waals surface area contributed by atoms with Crippen molar-refractivity contribution in [2.45, 2.75) is 26.4 Å². The van der Waals surface area contributed by atoms with Gasteiger partial charge in [-0.25, -0.2) is 0 Å². The van der Waals surface area contributed by atoms with E-state index in [4.69, 9.17) is 4.74 Å². The van der Waals surface area contributed by atoms with E-state index in [0.717, 1.165) is 13.0 Å². The molecule has 0 radical (unpaired) electrons. The third-order valence-electron chi connectivity index (χ3n) is 1.59. The van der Waals surface area contributed by atoms with Crippen molar-refractivity contribution < 1.29 is 9.53 Å². The summed E-state index contributed by atoms with van der Waals surface area (Å²) < 4.78 is 5.00. The van der Waals surface area contributed by atoms with Crippen LogP contribution in [0.1, 0.15) is 20.3 Å². The largest absolute Gasteiger partial charge is 0.370 e. The Labute approximate surface area is 55.2 Å². The fourth-order valence-electron chi connectivity index (χ4n) is 0.832. The fraction of sp³-hybridized carbons (Fsp3) is 0.857. The standard InChI is InChI=1S/C7H12O2/c1-5(2)7(8)6-3-4-9-6/h5-6H,3-4H2,1-2H3/t6-/m1/s1. The minimum absolute atomic E-state index is 0.0648. The zero-order valence-electron chi connectivity index (χ0n) is 5.89. The molecule has 1 heterocycles. The molecule has 1 saturated heterocycles. The molecule has 1 aliphatic heterocycles. The van der Waals surface area contributed by atoms with Crippen molar-refractivity contribution in [1.29, 1.82) is 0 Å². The Kier molecular flexibility index (Phi) is 1.86. The van der Waals surface area contributed by atoms with Crippen LogP contribution in [0.15, 0.2) is 0 Å². The van der Waals surface area contributed by atoms with Gasteiger partial charge in [-0.2, -0.15) is 0 Å². The molecule has 0 aromatic carbocycles. The third-order valence-corrected chi connectivity index (χ3v) is 1.59. The zero-order valence-corrected chi connectivity index (χ0v) is 5.89. The highest BCUT2D eigenvalue weighted by atomic mass is 16.5. The normalized spacial score (nSPS) is 25.9. The SMILES string of the molecule is CC(C)C(=O)[C@H]1CCO1. The topological polar surface area (TPSA) is 26.3 Å². The summed E-state index contributed by atoms with van der Waals surface area (Å²) in [5.41, 5.74) is 0.